The SMILES string of the molecule is [2H]C1([2H])C([2H])([2H])C([2H])([2H])C([2H])(NC(=O)CCCCCl)C([2H])([2H])C1([2H])[2H]. The molecular weight excluding hydrogens is 198 g/mol. The maximum atomic E-state index is 12.0. The quantitative estimate of drug-likeness (QED) is 0.569. The van der Waals surface area contributed by atoms with E-state index in [0.29, 0.717) is 6.42 Å². The summed E-state index contributed by atoms with van der Waals surface area (Å²) in [5.74, 6) is -0.714. The topological polar surface area (TPSA) is 29.1 Å². The maximum absolute atomic E-state index is 12.0. The Morgan fingerprint density at radius 2 is 2.14 bits per heavy atom. The van der Waals surface area contributed by atoms with Crippen molar-refractivity contribution in [2.75, 3.05) is 5.88 Å². The zero-order chi connectivity index (χ0) is 20.1. The van der Waals surface area contributed by atoms with E-state index in [1.54, 1.807) is 5.32 Å². The molecular formula is C11H20ClNO. The summed E-state index contributed by atoms with van der Waals surface area (Å²) >= 11 is 5.47. The van der Waals surface area contributed by atoms with Gasteiger partial charge in [-0.25, -0.2) is 0 Å². The third-order valence-corrected chi connectivity index (χ3v) is 1.82. The number of halogens is 1. The van der Waals surface area contributed by atoms with Crippen molar-refractivity contribution in [1.29, 1.82) is 0 Å². The van der Waals surface area contributed by atoms with Gasteiger partial charge >= 0.3 is 0 Å². The molecule has 0 radical (unpaired) electrons. The molecule has 1 rings (SSSR count). The van der Waals surface area contributed by atoms with Crippen LogP contribution in [-0.2, 0) is 4.79 Å². The van der Waals surface area contributed by atoms with Gasteiger partial charge in [0.05, 0.1) is 1.37 Å². The smallest absolute Gasteiger partial charge is 0.220 e. The molecule has 1 aliphatic carbocycles. The summed E-state index contributed by atoms with van der Waals surface area (Å²) in [5, 5.41) is 1.77. The van der Waals surface area contributed by atoms with Gasteiger partial charge in [-0.05, 0) is 25.6 Å². The number of amides is 1. The van der Waals surface area contributed by atoms with Crippen molar-refractivity contribution < 1.29 is 19.9 Å². The second-order valence-corrected chi connectivity index (χ2v) is 3.07. The van der Waals surface area contributed by atoms with Crippen LogP contribution in [0.5, 0.6) is 0 Å². The highest BCUT2D eigenvalue weighted by atomic mass is 35.5. The Bertz CT molecular complexity index is 506. The van der Waals surface area contributed by atoms with Gasteiger partial charge in [0.25, 0.3) is 0 Å². The van der Waals surface area contributed by atoms with E-state index in [-0.39, 0.29) is 18.7 Å². The first-order valence-electron chi connectivity index (χ1n) is 9.82. The predicted octanol–water partition coefficient (Wildman–Crippen LogP) is 2.84. The molecule has 0 bridgehead atoms. The van der Waals surface area contributed by atoms with Crippen molar-refractivity contribution in [3.63, 3.8) is 0 Å². The molecule has 0 aliphatic heterocycles. The molecule has 0 saturated heterocycles. The Kier molecular flexibility index (Phi) is 1.85. The van der Waals surface area contributed by atoms with E-state index < -0.39 is 43.8 Å². The van der Waals surface area contributed by atoms with E-state index in [9.17, 15) is 4.79 Å². The number of alkyl halides is 1. The van der Waals surface area contributed by atoms with Gasteiger partial charge in [0, 0.05) is 32.0 Å². The molecule has 1 aliphatic rings. The summed E-state index contributed by atoms with van der Waals surface area (Å²) in [6.07, 6.45) is -17.5. The van der Waals surface area contributed by atoms with Crippen LogP contribution in [0.15, 0.2) is 0 Å². The van der Waals surface area contributed by atoms with Gasteiger partial charge in [0.2, 0.25) is 5.91 Å². The third kappa shape index (κ3) is 4.85. The molecule has 1 saturated carbocycles. The first-order chi connectivity index (χ1) is 11.0. The fraction of sp³-hybridized carbons (Fsp3) is 0.909. The summed E-state index contributed by atoms with van der Waals surface area (Å²) in [6.45, 7) is 0. The van der Waals surface area contributed by atoms with Crippen LogP contribution in [0.1, 0.15) is 66.2 Å². The van der Waals surface area contributed by atoms with Gasteiger partial charge in [0.1, 0.15) is 0 Å². The maximum Gasteiger partial charge on any atom is 0.220 e. The largest absolute Gasteiger partial charge is 0.353 e. The second-order valence-electron chi connectivity index (χ2n) is 2.69. The standard InChI is InChI=1S/C11H20ClNO/c12-9-5-4-8-11(14)13-10-6-2-1-3-7-10/h10H,1-9H2,(H,13,14)/i1D2,2D2,3D2,6D2,7D2,10D. The van der Waals surface area contributed by atoms with Gasteiger partial charge in [0.15, 0.2) is 0 Å². The number of carbonyl (C=O) groups excluding carboxylic acids is 1. The lowest BCUT2D eigenvalue weighted by Gasteiger charge is -2.22. The summed E-state index contributed by atoms with van der Waals surface area (Å²) in [6, 6.07) is -3.39. The highest BCUT2D eigenvalue weighted by Crippen LogP contribution is 2.17. The van der Waals surface area contributed by atoms with Crippen LogP contribution in [0, 0.1) is 0 Å². The number of rotatable bonds is 5. The number of hydrogen-bond donors (Lipinski definition) is 1. The molecule has 1 amide bonds. The molecule has 0 unspecified atom stereocenters. The van der Waals surface area contributed by atoms with Gasteiger partial charge in [-0.3, -0.25) is 4.79 Å². The Hall–Kier alpha value is -0.240. The number of unbranched alkanes of at least 4 members (excludes halogenated alkanes) is 1. The number of hydrogen-bond acceptors (Lipinski definition) is 1. The van der Waals surface area contributed by atoms with Crippen LogP contribution in [-0.4, -0.2) is 17.8 Å². The van der Waals surface area contributed by atoms with E-state index >= 15 is 0 Å². The van der Waals surface area contributed by atoms with Gasteiger partial charge in [-0.1, -0.05) is 19.1 Å². The minimum absolute atomic E-state index is 0.238. The van der Waals surface area contributed by atoms with E-state index in [1.807, 2.05) is 0 Å². The van der Waals surface area contributed by atoms with Crippen LogP contribution in [0.2, 0.25) is 0 Å². The normalized spacial score (nSPS) is 49.9. The molecule has 0 spiro atoms. The van der Waals surface area contributed by atoms with Crippen molar-refractivity contribution in [2.45, 2.75) is 57.1 Å². The zero-order valence-corrected chi connectivity index (χ0v) is 8.37. The summed E-state index contributed by atoms with van der Waals surface area (Å²) in [7, 11) is 0. The Morgan fingerprint density at radius 3 is 2.79 bits per heavy atom. The van der Waals surface area contributed by atoms with E-state index in [1.165, 1.54) is 0 Å². The van der Waals surface area contributed by atoms with Crippen LogP contribution in [0.25, 0.3) is 0 Å². The van der Waals surface area contributed by atoms with Crippen molar-refractivity contribution in [2.24, 2.45) is 0 Å². The molecule has 3 heteroatoms. The average molecular weight is 229 g/mol. The van der Waals surface area contributed by atoms with Gasteiger partial charge < -0.3 is 5.32 Å². The Morgan fingerprint density at radius 1 is 1.43 bits per heavy atom. The molecule has 0 aromatic heterocycles. The lowest BCUT2D eigenvalue weighted by Crippen LogP contribution is -2.35. The summed E-state index contributed by atoms with van der Waals surface area (Å²) in [4.78, 5) is 12.0. The molecule has 2 nitrogen and oxygen atoms in total. The van der Waals surface area contributed by atoms with Gasteiger partial charge in [-0.2, -0.15) is 0 Å². The number of carbonyl (C=O) groups is 1. The van der Waals surface area contributed by atoms with Crippen LogP contribution < -0.4 is 5.32 Å². The fourth-order valence-corrected chi connectivity index (χ4v) is 1.08. The molecule has 1 fully saturated rings. The molecule has 0 aromatic rings. The number of nitrogens with one attached hydrogen (secondary N) is 1. The Labute approximate surface area is 107 Å². The molecule has 82 valence electrons. The van der Waals surface area contributed by atoms with Crippen molar-refractivity contribution in [3.8, 4) is 0 Å². The summed E-state index contributed by atoms with van der Waals surface area (Å²) in [5.41, 5.74) is 0. The van der Waals surface area contributed by atoms with Crippen molar-refractivity contribution >= 4 is 17.5 Å². The minimum Gasteiger partial charge on any atom is -0.353 e. The third-order valence-electron chi connectivity index (χ3n) is 1.55. The highest BCUT2D eigenvalue weighted by molar-refractivity contribution is 6.17. The molecule has 0 heterocycles. The second kappa shape index (κ2) is 7.10. The van der Waals surface area contributed by atoms with E-state index in [4.69, 9.17) is 26.7 Å². The summed E-state index contributed by atoms with van der Waals surface area (Å²) < 4.78 is 86.1. The van der Waals surface area contributed by atoms with Crippen LogP contribution >= 0.6 is 11.6 Å². The monoisotopic (exact) mass is 228 g/mol. The van der Waals surface area contributed by atoms with Crippen molar-refractivity contribution in [3.05, 3.63) is 0 Å². The average Bonchev–Trinajstić information content (AvgIpc) is 2.45. The van der Waals surface area contributed by atoms with Crippen LogP contribution in [0.4, 0.5) is 0 Å². The first-order valence-corrected chi connectivity index (χ1v) is 4.86. The molecule has 1 N–H and O–H groups in total. The fourth-order valence-electron chi connectivity index (χ4n) is 0.894. The van der Waals surface area contributed by atoms with Crippen LogP contribution in [0.3, 0.4) is 0 Å². The minimum atomic E-state index is -3.60. The lowest BCUT2D eigenvalue weighted by atomic mass is 9.95. The highest BCUT2D eigenvalue weighted by Gasteiger charge is 2.14. The van der Waals surface area contributed by atoms with E-state index in [0.717, 1.165) is 0 Å². The lowest BCUT2D eigenvalue weighted by molar-refractivity contribution is -0.122. The molecule has 14 heavy (non-hydrogen) atoms. The zero-order valence-electron chi connectivity index (χ0n) is 18.6. The molecule has 0 aromatic carbocycles. The molecule has 0 atom stereocenters. The first kappa shape index (κ1) is 3.65. The predicted molar refractivity (Wildman–Crippen MR) is 59.6 cm³/mol. The Balaban J connectivity index is 3.43. The van der Waals surface area contributed by atoms with Crippen molar-refractivity contribution in [1.82, 2.24) is 5.32 Å². The van der Waals surface area contributed by atoms with Gasteiger partial charge in [-0.15, -0.1) is 11.6 Å². The van der Waals surface area contributed by atoms with E-state index in [2.05, 4.69) is 0 Å².